The van der Waals surface area contributed by atoms with E-state index in [1.54, 1.807) is 6.07 Å². The van der Waals surface area contributed by atoms with Gasteiger partial charge >= 0.3 is 107 Å². The minimum atomic E-state index is -4.65. The standard InChI is InChI=1S/C11H10F3INO/c1-6-10(15-2)8-4-3-7(5-9(8)16-6)17-11(12,13)14/h3-5,10H,1-2H3/q-1. The Morgan fingerprint density at radius 1 is 1.35 bits per heavy atom. The molecule has 0 aliphatic carbocycles. The fraction of sp³-hybridized carbons (Fsp3) is 0.364. The summed E-state index contributed by atoms with van der Waals surface area (Å²) >= 11 is -0.0567. The van der Waals surface area contributed by atoms with Crippen molar-refractivity contribution in [2.24, 2.45) is 4.99 Å². The molecule has 17 heavy (non-hydrogen) atoms. The normalized spacial score (nSPS) is 19.1. The molecule has 2 rings (SSSR count). The third-order valence-electron chi connectivity index (χ3n) is 2.39. The van der Waals surface area contributed by atoms with Gasteiger partial charge in [-0.2, -0.15) is 0 Å². The van der Waals surface area contributed by atoms with Crippen molar-refractivity contribution in [3.05, 3.63) is 23.8 Å². The molecule has 1 aliphatic rings. The van der Waals surface area contributed by atoms with Crippen molar-refractivity contribution >= 4 is 11.4 Å². The van der Waals surface area contributed by atoms with Crippen molar-refractivity contribution < 1.29 is 39.1 Å². The van der Waals surface area contributed by atoms with Crippen molar-refractivity contribution in [3.8, 4) is 5.75 Å². The molecule has 0 fully saturated rings. The molecule has 0 saturated heterocycles. The van der Waals surface area contributed by atoms with Crippen LogP contribution in [-0.4, -0.2) is 17.0 Å². The fourth-order valence-electron chi connectivity index (χ4n) is 1.78. The third-order valence-corrected chi connectivity index (χ3v) is 5.21. The zero-order chi connectivity index (χ0) is 12.6. The van der Waals surface area contributed by atoms with Gasteiger partial charge in [0.25, 0.3) is 0 Å². The second-order valence-corrected chi connectivity index (χ2v) is 6.09. The SMILES string of the molecule is C[I-]C1C(C)=Nc2cc(OC(F)(F)F)ccc21. The van der Waals surface area contributed by atoms with Crippen molar-refractivity contribution in [2.45, 2.75) is 17.2 Å². The zero-order valence-electron chi connectivity index (χ0n) is 9.18. The van der Waals surface area contributed by atoms with Gasteiger partial charge in [0.15, 0.2) is 0 Å². The van der Waals surface area contributed by atoms with E-state index in [-0.39, 0.29) is 27.0 Å². The first kappa shape index (κ1) is 12.7. The molecule has 1 aromatic carbocycles. The molecule has 2 nitrogen and oxygen atoms in total. The molecule has 0 spiro atoms. The molecule has 1 heterocycles. The van der Waals surface area contributed by atoms with E-state index >= 15 is 0 Å². The molecule has 1 atom stereocenters. The summed E-state index contributed by atoms with van der Waals surface area (Å²) in [6.07, 6.45) is -4.65. The molecule has 94 valence electrons. The number of rotatable bonds is 2. The van der Waals surface area contributed by atoms with Crippen LogP contribution in [0.4, 0.5) is 18.9 Å². The van der Waals surface area contributed by atoms with Crippen LogP contribution in [0, 0.1) is 0 Å². The molecule has 0 saturated carbocycles. The molecule has 0 N–H and O–H groups in total. The topological polar surface area (TPSA) is 21.6 Å². The zero-order valence-corrected chi connectivity index (χ0v) is 11.3. The van der Waals surface area contributed by atoms with E-state index in [0.717, 1.165) is 11.3 Å². The van der Waals surface area contributed by atoms with Gasteiger partial charge in [-0.15, -0.1) is 0 Å². The first-order valence-corrected chi connectivity index (χ1v) is 8.24. The predicted octanol–water partition coefficient (Wildman–Crippen LogP) is 0.451. The van der Waals surface area contributed by atoms with E-state index in [1.807, 2.05) is 6.92 Å². The van der Waals surface area contributed by atoms with E-state index in [2.05, 4.69) is 14.7 Å². The van der Waals surface area contributed by atoms with E-state index in [0.29, 0.717) is 9.61 Å². The van der Waals surface area contributed by atoms with Crippen LogP contribution in [0.25, 0.3) is 0 Å². The van der Waals surface area contributed by atoms with Gasteiger partial charge in [-0.05, 0) is 0 Å². The van der Waals surface area contributed by atoms with Crippen LogP contribution in [0.5, 0.6) is 5.75 Å². The van der Waals surface area contributed by atoms with Crippen LogP contribution >= 0.6 is 0 Å². The number of benzene rings is 1. The van der Waals surface area contributed by atoms with Gasteiger partial charge in [-0.25, -0.2) is 0 Å². The minimum absolute atomic E-state index is 0.0567. The van der Waals surface area contributed by atoms with Gasteiger partial charge in [0.05, 0.1) is 0 Å². The average Bonchev–Trinajstić information content (AvgIpc) is 2.50. The van der Waals surface area contributed by atoms with Gasteiger partial charge in [0, 0.05) is 0 Å². The van der Waals surface area contributed by atoms with Crippen molar-refractivity contribution in [3.63, 3.8) is 0 Å². The quantitative estimate of drug-likeness (QED) is 0.557. The first-order chi connectivity index (χ1) is 7.90. The molecule has 0 bridgehead atoms. The Morgan fingerprint density at radius 3 is 2.65 bits per heavy atom. The van der Waals surface area contributed by atoms with Gasteiger partial charge in [-0.3, -0.25) is 0 Å². The summed E-state index contributed by atoms with van der Waals surface area (Å²) in [7, 11) is 0. The summed E-state index contributed by atoms with van der Waals surface area (Å²) in [5, 5.41) is 0. The molecule has 0 radical (unpaired) electrons. The van der Waals surface area contributed by atoms with Crippen LogP contribution in [0.3, 0.4) is 0 Å². The number of halogens is 4. The molecular formula is C11H10F3INO-. The van der Waals surface area contributed by atoms with Crippen molar-refractivity contribution in [1.82, 2.24) is 0 Å². The van der Waals surface area contributed by atoms with E-state index in [4.69, 9.17) is 0 Å². The van der Waals surface area contributed by atoms with Gasteiger partial charge < -0.3 is 0 Å². The van der Waals surface area contributed by atoms with Crippen molar-refractivity contribution in [2.75, 3.05) is 4.93 Å². The Balaban J connectivity index is 2.31. The van der Waals surface area contributed by atoms with E-state index in [1.165, 1.54) is 12.1 Å². The fourth-order valence-corrected chi connectivity index (χ4v) is 4.02. The van der Waals surface area contributed by atoms with Crippen LogP contribution in [0.15, 0.2) is 23.2 Å². The Labute approximate surface area is 107 Å². The Hall–Kier alpha value is -0.790. The Morgan fingerprint density at radius 2 is 2.06 bits per heavy atom. The maximum atomic E-state index is 12.1. The molecule has 1 aliphatic heterocycles. The van der Waals surface area contributed by atoms with Gasteiger partial charge in [0.2, 0.25) is 0 Å². The number of aliphatic imine (C=N–C) groups is 1. The number of fused-ring (bicyclic) bond motifs is 1. The van der Waals surface area contributed by atoms with Crippen LogP contribution in [0.1, 0.15) is 16.4 Å². The second kappa shape index (κ2) is 4.47. The first-order valence-electron chi connectivity index (χ1n) is 4.83. The summed E-state index contributed by atoms with van der Waals surface area (Å²) in [6.45, 7) is 1.91. The molecule has 1 aromatic rings. The summed E-state index contributed by atoms with van der Waals surface area (Å²) in [5.41, 5.74) is 2.61. The van der Waals surface area contributed by atoms with Crippen molar-refractivity contribution in [1.29, 1.82) is 0 Å². The van der Waals surface area contributed by atoms with Crippen LogP contribution < -0.4 is 25.9 Å². The average molecular weight is 356 g/mol. The second-order valence-electron chi connectivity index (χ2n) is 3.60. The van der Waals surface area contributed by atoms with Crippen LogP contribution in [0.2, 0.25) is 0 Å². The molecule has 0 aromatic heterocycles. The Kier molecular flexibility index (Phi) is 3.33. The molecule has 6 heteroatoms. The van der Waals surface area contributed by atoms with Gasteiger partial charge in [0.1, 0.15) is 0 Å². The number of hydrogen-bond donors (Lipinski definition) is 0. The summed E-state index contributed by atoms with van der Waals surface area (Å²) in [5.74, 6) is -0.206. The van der Waals surface area contributed by atoms with E-state index < -0.39 is 6.36 Å². The summed E-state index contributed by atoms with van der Waals surface area (Å²) < 4.78 is 40.4. The summed E-state index contributed by atoms with van der Waals surface area (Å²) in [4.78, 5) is 6.43. The molecule has 1 unspecified atom stereocenters. The Bertz CT molecular complexity index is 470. The third kappa shape index (κ3) is 2.72. The van der Waals surface area contributed by atoms with E-state index in [9.17, 15) is 13.2 Å². The predicted molar refractivity (Wildman–Crippen MR) is 54.6 cm³/mol. The number of ether oxygens (including phenoxy) is 1. The monoisotopic (exact) mass is 356 g/mol. The molecular weight excluding hydrogens is 346 g/mol. The maximum absolute atomic E-state index is 12.1. The number of nitrogens with zero attached hydrogens (tertiary/aromatic N) is 1. The van der Waals surface area contributed by atoms with Gasteiger partial charge in [-0.1, -0.05) is 0 Å². The number of alkyl halides is 5. The summed E-state index contributed by atoms with van der Waals surface area (Å²) in [6, 6.07) is 4.39. The number of hydrogen-bond acceptors (Lipinski definition) is 2. The molecule has 0 amide bonds. The van der Waals surface area contributed by atoms with Crippen LogP contribution in [-0.2, 0) is 0 Å².